The van der Waals surface area contributed by atoms with Crippen LogP contribution in [-0.2, 0) is 11.3 Å². The average Bonchev–Trinajstić information content (AvgIpc) is 2.81. The zero-order valence-corrected chi connectivity index (χ0v) is 17.9. The van der Waals surface area contributed by atoms with Gasteiger partial charge in [-0.15, -0.1) is 0 Å². The Kier molecular flexibility index (Phi) is 6.35. The van der Waals surface area contributed by atoms with Crippen LogP contribution >= 0.6 is 0 Å². The molecule has 1 aliphatic heterocycles. The van der Waals surface area contributed by atoms with Crippen LogP contribution in [0.25, 0.3) is 0 Å². The molecule has 2 aromatic carbocycles. The maximum atomic E-state index is 12.9. The minimum Gasteiger partial charge on any atom is -0.495 e. The third-order valence-corrected chi connectivity index (χ3v) is 5.51. The van der Waals surface area contributed by atoms with Crippen molar-refractivity contribution >= 4 is 23.2 Å². The molecule has 3 aromatic rings. The molecule has 1 aliphatic rings. The molecule has 164 valence electrons. The van der Waals surface area contributed by atoms with Crippen LogP contribution < -0.4 is 20.5 Å². The molecule has 7 nitrogen and oxygen atoms in total. The first-order valence-electron chi connectivity index (χ1n) is 10.6. The fraction of sp³-hybridized carbons (Fsp3) is 0.240. The highest BCUT2D eigenvalue weighted by atomic mass is 16.5. The Labute approximate surface area is 186 Å². The molecule has 0 atom stereocenters. The monoisotopic (exact) mass is 431 g/mol. The summed E-state index contributed by atoms with van der Waals surface area (Å²) in [4.78, 5) is 39.9. The maximum Gasteiger partial charge on any atom is 0.263 e. The molecule has 2 heterocycles. The number of aromatic nitrogens is 1. The van der Waals surface area contributed by atoms with E-state index in [1.807, 2.05) is 30.3 Å². The van der Waals surface area contributed by atoms with Crippen molar-refractivity contribution in [3.63, 3.8) is 0 Å². The lowest BCUT2D eigenvalue weighted by Crippen LogP contribution is -2.35. The average molecular weight is 431 g/mol. The van der Waals surface area contributed by atoms with Gasteiger partial charge in [-0.3, -0.25) is 14.4 Å². The summed E-state index contributed by atoms with van der Waals surface area (Å²) in [5, 5.41) is 2.79. The number of nitrogens with zero attached hydrogens (tertiary/aromatic N) is 2. The molecule has 1 aromatic heterocycles. The number of hydrogen-bond donors (Lipinski definition) is 1. The molecule has 0 saturated carbocycles. The van der Waals surface area contributed by atoms with E-state index in [2.05, 4.69) is 5.32 Å². The minimum atomic E-state index is -0.501. The predicted molar refractivity (Wildman–Crippen MR) is 123 cm³/mol. The Morgan fingerprint density at radius 3 is 2.59 bits per heavy atom. The van der Waals surface area contributed by atoms with E-state index in [4.69, 9.17) is 4.74 Å². The van der Waals surface area contributed by atoms with Gasteiger partial charge in [0.15, 0.2) is 0 Å². The largest absolute Gasteiger partial charge is 0.495 e. The van der Waals surface area contributed by atoms with E-state index >= 15 is 0 Å². The van der Waals surface area contributed by atoms with E-state index in [9.17, 15) is 14.4 Å². The highest BCUT2D eigenvalue weighted by Crippen LogP contribution is 2.33. The van der Waals surface area contributed by atoms with E-state index in [1.54, 1.807) is 42.5 Å². The molecule has 4 rings (SSSR count). The molecule has 2 amide bonds. The number of hydrogen-bond acceptors (Lipinski definition) is 4. The normalized spacial score (nSPS) is 13.7. The molecule has 0 aliphatic carbocycles. The molecule has 0 radical (unpaired) electrons. The van der Waals surface area contributed by atoms with Crippen molar-refractivity contribution in [2.45, 2.75) is 25.8 Å². The van der Waals surface area contributed by atoms with Gasteiger partial charge in [0.05, 0.1) is 19.3 Å². The molecule has 32 heavy (non-hydrogen) atoms. The van der Waals surface area contributed by atoms with E-state index in [0.29, 0.717) is 36.6 Å². The van der Waals surface area contributed by atoms with E-state index in [1.165, 1.54) is 10.6 Å². The van der Waals surface area contributed by atoms with E-state index in [-0.39, 0.29) is 17.0 Å². The minimum absolute atomic E-state index is 0.0323. The Hall–Kier alpha value is -3.87. The standard InChI is InChI=1S/C25H25N3O4/c1-32-22-13-12-19(16-21(22)28-15-6-5-11-23(28)29)26-24(30)20-10-7-14-27(25(20)31)17-18-8-3-2-4-9-18/h2-4,7-10,12-14,16H,5-6,11,15,17H2,1H3,(H,26,30). The maximum absolute atomic E-state index is 12.9. The first kappa shape index (κ1) is 21.4. The zero-order chi connectivity index (χ0) is 22.5. The number of rotatable bonds is 6. The van der Waals surface area contributed by atoms with E-state index in [0.717, 1.165) is 18.4 Å². The van der Waals surface area contributed by atoms with Gasteiger partial charge < -0.3 is 19.5 Å². The first-order valence-corrected chi connectivity index (χ1v) is 10.6. The summed E-state index contributed by atoms with van der Waals surface area (Å²) in [7, 11) is 1.55. The van der Waals surface area contributed by atoms with Crippen molar-refractivity contribution in [1.82, 2.24) is 4.57 Å². The van der Waals surface area contributed by atoms with Crippen molar-refractivity contribution in [2.75, 3.05) is 23.9 Å². The van der Waals surface area contributed by atoms with Crippen molar-refractivity contribution in [3.05, 3.63) is 88.3 Å². The number of nitrogens with one attached hydrogen (secondary N) is 1. The van der Waals surface area contributed by atoms with Crippen LogP contribution in [0.5, 0.6) is 5.75 Å². The summed E-state index contributed by atoms with van der Waals surface area (Å²) in [5.41, 5.74) is 1.76. The summed E-state index contributed by atoms with van der Waals surface area (Å²) < 4.78 is 6.93. The number of carbonyl (C=O) groups excluding carboxylic acids is 2. The molecule has 0 spiro atoms. The number of anilines is 2. The van der Waals surface area contributed by atoms with Gasteiger partial charge in [0.1, 0.15) is 11.3 Å². The van der Waals surface area contributed by atoms with Crippen LogP contribution in [-0.4, -0.2) is 30.0 Å². The number of amides is 2. The van der Waals surface area contributed by atoms with Gasteiger partial charge in [-0.2, -0.15) is 0 Å². The van der Waals surface area contributed by atoms with Crippen LogP contribution in [0.3, 0.4) is 0 Å². The van der Waals surface area contributed by atoms with Gasteiger partial charge in [-0.05, 0) is 48.7 Å². The number of piperidine rings is 1. The molecule has 0 unspecified atom stereocenters. The quantitative estimate of drug-likeness (QED) is 0.646. The summed E-state index contributed by atoms with van der Waals surface area (Å²) >= 11 is 0. The summed E-state index contributed by atoms with van der Waals surface area (Å²) in [5.74, 6) is 0.0894. The number of ether oxygens (including phenoxy) is 1. The summed E-state index contributed by atoms with van der Waals surface area (Å²) in [6, 6.07) is 17.9. The highest BCUT2D eigenvalue weighted by Gasteiger charge is 2.23. The van der Waals surface area contributed by atoms with Gasteiger partial charge in [-0.1, -0.05) is 30.3 Å². The molecule has 1 saturated heterocycles. The van der Waals surface area contributed by atoms with Crippen LogP contribution in [0.4, 0.5) is 11.4 Å². The predicted octanol–water partition coefficient (Wildman–Crippen LogP) is 3.67. The Bertz CT molecular complexity index is 1190. The molecule has 1 N–H and O–H groups in total. The molecular formula is C25H25N3O4. The SMILES string of the molecule is COc1ccc(NC(=O)c2cccn(Cc3ccccc3)c2=O)cc1N1CCCCC1=O. The highest BCUT2D eigenvalue weighted by molar-refractivity contribution is 6.05. The molecule has 7 heteroatoms. The van der Waals surface area contributed by atoms with Gasteiger partial charge in [0.25, 0.3) is 11.5 Å². The van der Waals surface area contributed by atoms with Crippen molar-refractivity contribution in [1.29, 1.82) is 0 Å². The molecule has 1 fully saturated rings. The van der Waals surface area contributed by atoms with E-state index < -0.39 is 5.91 Å². The Balaban J connectivity index is 1.58. The van der Waals surface area contributed by atoms with Crippen LogP contribution in [0, 0.1) is 0 Å². The van der Waals surface area contributed by atoms with Gasteiger partial charge in [0.2, 0.25) is 5.91 Å². The van der Waals surface area contributed by atoms with Crippen molar-refractivity contribution in [3.8, 4) is 5.75 Å². The summed E-state index contributed by atoms with van der Waals surface area (Å²) in [6.07, 6.45) is 3.94. The topological polar surface area (TPSA) is 80.6 Å². The smallest absolute Gasteiger partial charge is 0.263 e. The number of pyridine rings is 1. The third-order valence-electron chi connectivity index (χ3n) is 5.51. The number of methoxy groups -OCH3 is 1. The molecular weight excluding hydrogens is 406 g/mol. The fourth-order valence-corrected chi connectivity index (χ4v) is 3.85. The fourth-order valence-electron chi connectivity index (χ4n) is 3.85. The second-order valence-electron chi connectivity index (χ2n) is 7.68. The van der Waals surface area contributed by atoms with Gasteiger partial charge >= 0.3 is 0 Å². The lowest BCUT2D eigenvalue weighted by molar-refractivity contribution is -0.119. The van der Waals surface area contributed by atoms with Gasteiger partial charge in [0, 0.05) is 24.8 Å². The molecule has 0 bridgehead atoms. The summed E-state index contributed by atoms with van der Waals surface area (Å²) in [6.45, 7) is 0.986. The lowest BCUT2D eigenvalue weighted by Gasteiger charge is -2.28. The van der Waals surface area contributed by atoms with Crippen LogP contribution in [0.1, 0.15) is 35.2 Å². The van der Waals surface area contributed by atoms with Crippen LogP contribution in [0.15, 0.2) is 71.7 Å². The first-order chi connectivity index (χ1) is 15.6. The number of benzene rings is 2. The second-order valence-corrected chi connectivity index (χ2v) is 7.68. The third kappa shape index (κ3) is 4.56. The van der Waals surface area contributed by atoms with Gasteiger partial charge in [-0.25, -0.2) is 0 Å². The second kappa shape index (κ2) is 9.51. The number of carbonyl (C=O) groups is 2. The zero-order valence-electron chi connectivity index (χ0n) is 17.9. The van der Waals surface area contributed by atoms with Crippen molar-refractivity contribution < 1.29 is 14.3 Å². The van der Waals surface area contributed by atoms with Crippen LogP contribution in [0.2, 0.25) is 0 Å². The lowest BCUT2D eigenvalue weighted by atomic mass is 10.1. The van der Waals surface area contributed by atoms with Crippen molar-refractivity contribution in [2.24, 2.45) is 0 Å². The Morgan fingerprint density at radius 2 is 1.84 bits per heavy atom. The Morgan fingerprint density at radius 1 is 1.03 bits per heavy atom.